The highest BCUT2D eigenvalue weighted by Crippen LogP contribution is 2.20. The van der Waals surface area contributed by atoms with Gasteiger partial charge >= 0.3 is 6.09 Å². The van der Waals surface area contributed by atoms with Crippen molar-refractivity contribution in [3.63, 3.8) is 0 Å². The van der Waals surface area contributed by atoms with Crippen LogP contribution in [0.15, 0.2) is 24.3 Å². The number of piperazine rings is 1. The summed E-state index contributed by atoms with van der Waals surface area (Å²) in [5, 5.41) is 11.2. The van der Waals surface area contributed by atoms with Crippen LogP contribution in [0.4, 0.5) is 10.5 Å². The van der Waals surface area contributed by atoms with E-state index in [0.717, 1.165) is 31.7 Å². The summed E-state index contributed by atoms with van der Waals surface area (Å²) in [6, 6.07) is 7.95. The molecule has 0 aromatic heterocycles. The van der Waals surface area contributed by atoms with Crippen LogP contribution < -0.4 is 10.2 Å². The molecule has 2 N–H and O–H groups in total. The highest BCUT2D eigenvalue weighted by Gasteiger charge is 2.14. The van der Waals surface area contributed by atoms with Crippen LogP contribution in [0.5, 0.6) is 0 Å². The predicted molar refractivity (Wildman–Crippen MR) is 75.7 cm³/mol. The van der Waals surface area contributed by atoms with E-state index >= 15 is 0 Å². The molecule has 1 aliphatic heterocycles. The summed E-state index contributed by atoms with van der Waals surface area (Å²) < 4.78 is 0. The summed E-state index contributed by atoms with van der Waals surface area (Å²) >= 11 is 0. The molecular weight excluding hydrogens is 242 g/mol. The maximum atomic E-state index is 10.6. The SMILES string of the molecule is C[C@H](NC(=O)O)c1ccc(N2CCN(C)CC2)cc1. The van der Waals surface area contributed by atoms with Gasteiger partial charge in [0.1, 0.15) is 0 Å². The third kappa shape index (κ3) is 3.61. The zero-order valence-corrected chi connectivity index (χ0v) is 11.5. The van der Waals surface area contributed by atoms with E-state index in [9.17, 15) is 4.79 Å². The largest absolute Gasteiger partial charge is 0.465 e. The Morgan fingerprint density at radius 2 is 1.79 bits per heavy atom. The molecule has 1 aromatic carbocycles. The number of amides is 1. The van der Waals surface area contributed by atoms with Crippen molar-refractivity contribution in [2.45, 2.75) is 13.0 Å². The number of carbonyl (C=O) groups is 1. The van der Waals surface area contributed by atoms with Crippen LogP contribution in [0, 0.1) is 0 Å². The van der Waals surface area contributed by atoms with Gasteiger partial charge in [0.25, 0.3) is 0 Å². The summed E-state index contributed by atoms with van der Waals surface area (Å²) in [6.45, 7) is 6.09. The standard InChI is InChI=1S/C14H21N3O2/c1-11(15-14(18)19)12-3-5-13(6-4-12)17-9-7-16(2)8-10-17/h3-6,11,15H,7-10H2,1-2H3,(H,18,19)/t11-/m0/s1. The summed E-state index contributed by atoms with van der Waals surface area (Å²) in [5.41, 5.74) is 2.19. The van der Waals surface area contributed by atoms with Gasteiger partial charge in [-0.25, -0.2) is 4.79 Å². The Kier molecular flexibility index (Phi) is 4.27. The molecule has 1 heterocycles. The van der Waals surface area contributed by atoms with Crippen LogP contribution in [0.3, 0.4) is 0 Å². The molecule has 1 saturated heterocycles. The van der Waals surface area contributed by atoms with Gasteiger partial charge in [0.15, 0.2) is 0 Å². The minimum Gasteiger partial charge on any atom is -0.465 e. The first kappa shape index (κ1) is 13.7. The molecule has 1 aliphatic rings. The van der Waals surface area contributed by atoms with Crippen molar-refractivity contribution in [3.8, 4) is 0 Å². The van der Waals surface area contributed by atoms with Crippen molar-refractivity contribution in [1.82, 2.24) is 10.2 Å². The minimum absolute atomic E-state index is 0.181. The molecular formula is C14H21N3O2. The van der Waals surface area contributed by atoms with E-state index in [1.807, 2.05) is 19.1 Å². The molecule has 104 valence electrons. The Balaban J connectivity index is 2.00. The Labute approximate surface area is 113 Å². The van der Waals surface area contributed by atoms with Crippen molar-refractivity contribution in [2.75, 3.05) is 38.1 Å². The van der Waals surface area contributed by atoms with Crippen LogP contribution in [0.1, 0.15) is 18.5 Å². The lowest BCUT2D eigenvalue weighted by Crippen LogP contribution is -2.44. The monoisotopic (exact) mass is 263 g/mol. The molecule has 0 bridgehead atoms. The molecule has 0 spiro atoms. The quantitative estimate of drug-likeness (QED) is 0.872. The molecule has 19 heavy (non-hydrogen) atoms. The van der Waals surface area contributed by atoms with Crippen LogP contribution in [-0.4, -0.2) is 49.3 Å². The molecule has 1 fully saturated rings. The van der Waals surface area contributed by atoms with Crippen molar-refractivity contribution >= 4 is 11.8 Å². The zero-order valence-electron chi connectivity index (χ0n) is 11.5. The van der Waals surface area contributed by atoms with Crippen molar-refractivity contribution in [2.24, 2.45) is 0 Å². The second-order valence-corrected chi connectivity index (χ2v) is 5.05. The highest BCUT2D eigenvalue weighted by atomic mass is 16.4. The van der Waals surface area contributed by atoms with E-state index < -0.39 is 6.09 Å². The van der Waals surface area contributed by atoms with E-state index in [1.165, 1.54) is 5.69 Å². The van der Waals surface area contributed by atoms with E-state index in [0.29, 0.717) is 0 Å². The number of carboxylic acid groups (broad SMARTS) is 1. The highest BCUT2D eigenvalue weighted by molar-refractivity contribution is 5.65. The number of hydrogen-bond donors (Lipinski definition) is 2. The van der Waals surface area contributed by atoms with Crippen molar-refractivity contribution < 1.29 is 9.90 Å². The maximum absolute atomic E-state index is 10.6. The second kappa shape index (κ2) is 5.93. The lowest BCUT2D eigenvalue weighted by molar-refractivity contribution is 0.191. The first-order chi connectivity index (χ1) is 9.06. The number of benzene rings is 1. The average molecular weight is 263 g/mol. The first-order valence-corrected chi connectivity index (χ1v) is 6.59. The van der Waals surface area contributed by atoms with Gasteiger partial charge in [0, 0.05) is 31.9 Å². The zero-order chi connectivity index (χ0) is 13.8. The predicted octanol–water partition coefficient (Wildman–Crippen LogP) is 1.77. The molecule has 1 aromatic rings. The van der Waals surface area contributed by atoms with Crippen LogP contribution in [0.2, 0.25) is 0 Å². The fourth-order valence-corrected chi connectivity index (χ4v) is 2.31. The molecule has 5 heteroatoms. The van der Waals surface area contributed by atoms with Gasteiger partial charge in [0.05, 0.1) is 6.04 Å². The van der Waals surface area contributed by atoms with Crippen molar-refractivity contribution in [1.29, 1.82) is 0 Å². The Bertz CT molecular complexity index is 425. The number of nitrogens with one attached hydrogen (secondary N) is 1. The number of anilines is 1. The average Bonchev–Trinajstić information content (AvgIpc) is 2.39. The van der Waals surface area contributed by atoms with E-state index in [4.69, 9.17) is 5.11 Å². The Morgan fingerprint density at radius 1 is 1.21 bits per heavy atom. The molecule has 0 unspecified atom stereocenters. The molecule has 2 rings (SSSR count). The maximum Gasteiger partial charge on any atom is 0.405 e. The fourth-order valence-electron chi connectivity index (χ4n) is 2.31. The molecule has 0 saturated carbocycles. The van der Waals surface area contributed by atoms with Gasteiger partial charge in [-0.2, -0.15) is 0 Å². The van der Waals surface area contributed by atoms with Gasteiger partial charge in [-0.15, -0.1) is 0 Å². The van der Waals surface area contributed by atoms with E-state index in [1.54, 1.807) is 0 Å². The van der Waals surface area contributed by atoms with Crippen molar-refractivity contribution in [3.05, 3.63) is 29.8 Å². The summed E-state index contributed by atoms with van der Waals surface area (Å²) in [4.78, 5) is 15.3. The van der Waals surface area contributed by atoms with Gasteiger partial charge in [0.2, 0.25) is 0 Å². The third-order valence-electron chi connectivity index (χ3n) is 3.60. The Hall–Kier alpha value is -1.75. The van der Waals surface area contributed by atoms with Gasteiger partial charge in [-0.3, -0.25) is 0 Å². The van der Waals surface area contributed by atoms with E-state index in [-0.39, 0.29) is 6.04 Å². The summed E-state index contributed by atoms with van der Waals surface area (Å²) in [6.07, 6.45) is -0.990. The topological polar surface area (TPSA) is 55.8 Å². The molecule has 0 radical (unpaired) electrons. The minimum atomic E-state index is -0.990. The summed E-state index contributed by atoms with van der Waals surface area (Å²) in [7, 11) is 2.14. The van der Waals surface area contributed by atoms with Gasteiger partial charge < -0.3 is 20.2 Å². The first-order valence-electron chi connectivity index (χ1n) is 6.59. The van der Waals surface area contributed by atoms with E-state index in [2.05, 4.69) is 34.3 Å². The van der Waals surface area contributed by atoms with Crippen LogP contribution in [0.25, 0.3) is 0 Å². The second-order valence-electron chi connectivity index (χ2n) is 5.05. The lowest BCUT2D eigenvalue weighted by Gasteiger charge is -2.34. The molecule has 1 atom stereocenters. The van der Waals surface area contributed by atoms with Gasteiger partial charge in [-0.05, 0) is 31.7 Å². The number of likely N-dealkylation sites (N-methyl/N-ethyl adjacent to an activating group) is 1. The lowest BCUT2D eigenvalue weighted by atomic mass is 10.1. The smallest absolute Gasteiger partial charge is 0.405 e. The van der Waals surface area contributed by atoms with Crippen LogP contribution in [-0.2, 0) is 0 Å². The van der Waals surface area contributed by atoms with Gasteiger partial charge in [-0.1, -0.05) is 12.1 Å². The number of nitrogens with zero attached hydrogens (tertiary/aromatic N) is 2. The fraction of sp³-hybridized carbons (Fsp3) is 0.500. The Morgan fingerprint density at radius 3 is 2.32 bits per heavy atom. The number of hydrogen-bond acceptors (Lipinski definition) is 3. The number of rotatable bonds is 3. The molecule has 1 amide bonds. The normalized spacial score (nSPS) is 18.1. The molecule has 0 aliphatic carbocycles. The van der Waals surface area contributed by atoms with Crippen LogP contribution >= 0.6 is 0 Å². The third-order valence-corrected chi connectivity index (χ3v) is 3.60. The summed E-state index contributed by atoms with van der Waals surface area (Å²) in [5.74, 6) is 0. The molecule has 5 nitrogen and oxygen atoms in total.